The molecule has 0 aromatic heterocycles. The molecule has 37 heavy (non-hydrogen) atoms. The van der Waals surface area contributed by atoms with Crippen molar-refractivity contribution in [3.63, 3.8) is 0 Å². The van der Waals surface area contributed by atoms with Crippen molar-refractivity contribution in [1.82, 2.24) is 0 Å². The van der Waals surface area contributed by atoms with Crippen LogP contribution in [0, 0.1) is 11.3 Å². The number of ether oxygens (including phenoxy) is 2. The Balaban J connectivity index is 1.28. The first-order valence-corrected chi connectivity index (χ1v) is 11.9. The van der Waals surface area contributed by atoms with Crippen molar-refractivity contribution >= 4 is 11.8 Å². The van der Waals surface area contributed by atoms with Crippen LogP contribution in [0.4, 0.5) is 0 Å². The summed E-state index contributed by atoms with van der Waals surface area (Å²) >= 11 is 0. The zero-order chi connectivity index (χ0) is 25.8. The molecule has 1 heterocycles. The molecule has 1 atom stereocenters. The lowest BCUT2D eigenvalue weighted by molar-refractivity contribution is -0.139. The molecule has 0 saturated heterocycles. The molecule has 4 aromatic carbocycles. The van der Waals surface area contributed by atoms with Crippen molar-refractivity contribution in [3.8, 4) is 34.4 Å². The number of benzene rings is 4. The second-order valence-electron chi connectivity index (χ2n) is 8.82. The fourth-order valence-corrected chi connectivity index (χ4v) is 4.41. The molecule has 182 valence electrons. The summed E-state index contributed by atoms with van der Waals surface area (Å²) in [5.41, 5.74) is 4.40. The van der Waals surface area contributed by atoms with E-state index in [2.05, 4.69) is 6.07 Å². The van der Waals surface area contributed by atoms with Crippen LogP contribution < -0.4 is 9.47 Å². The number of nitrogens with zero attached hydrogens (tertiary/aromatic N) is 1. The molecule has 1 aliphatic rings. The molecule has 0 fully saturated rings. The monoisotopic (exact) mass is 489 g/mol. The predicted octanol–water partition coefficient (Wildman–Crippen LogP) is 6.39. The van der Waals surface area contributed by atoms with E-state index in [1.807, 2.05) is 54.6 Å². The molecule has 0 bridgehead atoms. The molecule has 0 aliphatic carbocycles. The van der Waals surface area contributed by atoms with Crippen LogP contribution in [0.5, 0.6) is 17.2 Å². The number of Topliss-reactive ketones (excluding diaryl/α,β-unsaturated/α-hetero) is 1. The molecule has 1 N–H and O–H groups in total. The van der Waals surface area contributed by atoms with E-state index < -0.39 is 11.9 Å². The maximum absolute atomic E-state index is 12.8. The molecule has 0 radical (unpaired) electrons. The maximum atomic E-state index is 12.8. The van der Waals surface area contributed by atoms with Gasteiger partial charge in [-0.05, 0) is 53.4 Å². The number of ketones is 1. The first kappa shape index (κ1) is 23.8. The average Bonchev–Trinajstić information content (AvgIpc) is 2.93. The smallest absolute Gasteiger partial charge is 0.311 e. The summed E-state index contributed by atoms with van der Waals surface area (Å²) in [7, 11) is 0. The Hall–Kier alpha value is -4.89. The van der Waals surface area contributed by atoms with Gasteiger partial charge in [0.25, 0.3) is 0 Å². The topological polar surface area (TPSA) is 96.6 Å². The SMILES string of the molecule is N#Cc1cc2c(cc1Oc1ccc(C(=O)Cc3ccc(-c4ccccc4)cc3)cc1)OCCC2C(=O)O. The van der Waals surface area contributed by atoms with Crippen LogP contribution in [-0.2, 0) is 11.2 Å². The van der Waals surface area contributed by atoms with Gasteiger partial charge in [-0.25, -0.2) is 0 Å². The van der Waals surface area contributed by atoms with E-state index >= 15 is 0 Å². The van der Waals surface area contributed by atoms with Gasteiger partial charge in [-0.1, -0.05) is 54.6 Å². The van der Waals surface area contributed by atoms with Gasteiger partial charge >= 0.3 is 5.97 Å². The predicted molar refractivity (Wildman–Crippen MR) is 138 cm³/mol. The van der Waals surface area contributed by atoms with Gasteiger partial charge in [0.15, 0.2) is 5.78 Å². The normalized spacial score (nSPS) is 14.1. The number of carbonyl (C=O) groups excluding carboxylic acids is 1. The zero-order valence-corrected chi connectivity index (χ0v) is 19.9. The quantitative estimate of drug-likeness (QED) is 0.302. The van der Waals surface area contributed by atoms with Crippen molar-refractivity contribution in [2.45, 2.75) is 18.8 Å². The lowest BCUT2D eigenvalue weighted by Crippen LogP contribution is -2.21. The molecular weight excluding hydrogens is 466 g/mol. The van der Waals surface area contributed by atoms with E-state index in [0.717, 1.165) is 16.7 Å². The summed E-state index contributed by atoms with van der Waals surface area (Å²) in [4.78, 5) is 24.4. The van der Waals surface area contributed by atoms with Gasteiger partial charge in [-0.15, -0.1) is 0 Å². The van der Waals surface area contributed by atoms with Gasteiger partial charge in [0, 0.05) is 23.6 Å². The number of nitriles is 1. The Morgan fingerprint density at radius 3 is 2.32 bits per heavy atom. The summed E-state index contributed by atoms with van der Waals surface area (Å²) in [6.07, 6.45) is 0.626. The summed E-state index contributed by atoms with van der Waals surface area (Å²) in [5, 5.41) is 19.1. The summed E-state index contributed by atoms with van der Waals surface area (Å²) in [5.74, 6) is -0.564. The van der Waals surface area contributed by atoms with Crippen LogP contribution >= 0.6 is 0 Å². The highest BCUT2D eigenvalue weighted by Gasteiger charge is 2.29. The maximum Gasteiger partial charge on any atom is 0.311 e. The van der Waals surface area contributed by atoms with E-state index in [1.165, 1.54) is 6.07 Å². The third-order valence-electron chi connectivity index (χ3n) is 6.40. The number of aliphatic carboxylic acids is 1. The molecule has 6 heteroatoms. The highest BCUT2D eigenvalue weighted by Crippen LogP contribution is 2.39. The van der Waals surface area contributed by atoms with Crippen molar-refractivity contribution in [1.29, 1.82) is 5.26 Å². The number of fused-ring (bicyclic) bond motifs is 1. The minimum Gasteiger partial charge on any atom is -0.493 e. The van der Waals surface area contributed by atoms with E-state index in [4.69, 9.17) is 9.47 Å². The second kappa shape index (κ2) is 10.4. The lowest BCUT2D eigenvalue weighted by atomic mass is 9.91. The van der Waals surface area contributed by atoms with Crippen LogP contribution in [0.2, 0.25) is 0 Å². The standard InChI is InChI=1S/C31H23NO5/c32-19-24-17-27-26(31(34)35)14-15-36-30(27)18-29(24)37-25-12-10-23(11-13-25)28(33)16-20-6-8-22(9-7-20)21-4-2-1-3-5-21/h1-13,17-18,26H,14-16H2,(H,34,35). The van der Waals surface area contributed by atoms with Gasteiger partial charge < -0.3 is 14.6 Å². The molecule has 0 saturated carbocycles. The van der Waals surface area contributed by atoms with Crippen molar-refractivity contribution in [2.24, 2.45) is 0 Å². The van der Waals surface area contributed by atoms with Crippen LogP contribution in [0.1, 0.15) is 39.4 Å². The minimum atomic E-state index is -0.950. The van der Waals surface area contributed by atoms with E-state index in [0.29, 0.717) is 29.0 Å². The third-order valence-corrected chi connectivity index (χ3v) is 6.40. The first-order chi connectivity index (χ1) is 18.0. The van der Waals surface area contributed by atoms with Gasteiger partial charge in [0.05, 0.1) is 18.1 Å². The summed E-state index contributed by atoms with van der Waals surface area (Å²) in [6.45, 7) is 0.279. The Labute approximate surface area is 214 Å². The molecule has 4 aromatic rings. The zero-order valence-electron chi connectivity index (χ0n) is 19.9. The summed E-state index contributed by atoms with van der Waals surface area (Å²) < 4.78 is 11.5. The van der Waals surface area contributed by atoms with E-state index in [1.54, 1.807) is 30.3 Å². The van der Waals surface area contributed by atoms with Gasteiger partial charge in [-0.2, -0.15) is 5.26 Å². The highest BCUT2D eigenvalue weighted by molar-refractivity contribution is 5.97. The Kier molecular flexibility index (Phi) is 6.69. The molecule has 0 spiro atoms. The van der Waals surface area contributed by atoms with Gasteiger partial charge in [-0.3, -0.25) is 9.59 Å². The number of carboxylic acids is 1. The third kappa shape index (κ3) is 5.21. The molecule has 1 unspecified atom stereocenters. The van der Waals surface area contributed by atoms with Gasteiger partial charge in [0.2, 0.25) is 0 Å². The molecule has 5 rings (SSSR count). The van der Waals surface area contributed by atoms with Crippen LogP contribution in [0.15, 0.2) is 91.0 Å². The number of carboxylic acid groups (broad SMARTS) is 1. The fourth-order valence-electron chi connectivity index (χ4n) is 4.41. The van der Waals surface area contributed by atoms with E-state index in [-0.39, 0.29) is 30.1 Å². The lowest BCUT2D eigenvalue weighted by Gasteiger charge is -2.24. The Morgan fingerprint density at radius 2 is 1.65 bits per heavy atom. The van der Waals surface area contributed by atoms with Crippen molar-refractivity contribution in [3.05, 3.63) is 113 Å². The molecular formula is C31H23NO5. The van der Waals surface area contributed by atoms with E-state index in [9.17, 15) is 20.0 Å². The molecule has 1 aliphatic heterocycles. The fraction of sp³-hybridized carbons (Fsp3) is 0.129. The Morgan fingerprint density at radius 1 is 0.946 bits per heavy atom. The second-order valence-corrected chi connectivity index (χ2v) is 8.82. The van der Waals surface area contributed by atoms with Gasteiger partial charge in [0.1, 0.15) is 23.3 Å². The number of carbonyl (C=O) groups is 2. The largest absolute Gasteiger partial charge is 0.493 e. The number of rotatable bonds is 7. The van der Waals surface area contributed by atoms with Crippen molar-refractivity contribution in [2.75, 3.05) is 6.61 Å². The highest BCUT2D eigenvalue weighted by atomic mass is 16.5. The van der Waals surface area contributed by atoms with Crippen LogP contribution in [-0.4, -0.2) is 23.5 Å². The van der Waals surface area contributed by atoms with Crippen LogP contribution in [0.25, 0.3) is 11.1 Å². The van der Waals surface area contributed by atoms with Crippen LogP contribution in [0.3, 0.4) is 0 Å². The summed E-state index contributed by atoms with van der Waals surface area (Å²) in [6, 6.07) is 29.9. The molecule has 6 nitrogen and oxygen atoms in total. The average molecular weight is 490 g/mol. The molecule has 0 amide bonds. The van der Waals surface area contributed by atoms with Crippen molar-refractivity contribution < 1.29 is 24.2 Å². The number of hydrogen-bond acceptors (Lipinski definition) is 5. The Bertz CT molecular complexity index is 1490. The minimum absolute atomic E-state index is 0.0152. The number of hydrogen-bond donors (Lipinski definition) is 1. The first-order valence-electron chi connectivity index (χ1n) is 11.9.